The summed E-state index contributed by atoms with van der Waals surface area (Å²) in [5.41, 5.74) is 2.41. The number of para-hydroxylation sites is 2. The number of hydrogen-bond donors (Lipinski definition) is 1. The van der Waals surface area contributed by atoms with Gasteiger partial charge in [-0.25, -0.2) is 9.37 Å². The molecule has 4 rings (SSSR count). The Morgan fingerprint density at radius 3 is 2.53 bits per heavy atom. The maximum atomic E-state index is 13.0. The molecular weight excluding hydrogens is 383 g/mol. The first kappa shape index (κ1) is 20.1. The molecule has 2 aromatic carbocycles. The number of hydrogen-bond acceptors (Lipinski definition) is 4. The topological polar surface area (TPSA) is 67.2 Å². The molecule has 7 heteroatoms. The minimum absolute atomic E-state index is 0.00332. The standard InChI is InChI=1S/C23H25FN4O2/c1-2-28-20-6-4-3-5-19(20)26-21(23(28)30)27-13-11-17(12-14-27)22(29)25-15-16-7-9-18(24)10-8-16/h3-10,17H,2,11-15H2,1H3,(H,25,29). The molecule has 1 amide bonds. The second-order valence-electron chi connectivity index (χ2n) is 7.58. The summed E-state index contributed by atoms with van der Waals surface area (Å²) in [4.78, 5) is 32.1. The Bertz CT molecular complexity index is 1100. The van der Waals surface area contributed by atoms with E-state index in [1.807, 2.05) is 36.1 Å². The number of carbonyl (C=O) groups excluding carboxylic acids is 1. The van der Waals surface area contributed by atoms with E-state index in [-0.39, 0.29) is 23.2 Å². The van der Waals surface area contributed by atoms with Crippen LogP contribution in [0.3, 0.4) is 0 Å². The number of nitrogens with zero attached hydrogens (tertiary/aromatic N) is 3. The van der Waals surface area contributed by atoms with Crippen molar-refractivity contribution in [3.05, 3.63) is 70.3 Å². The van der Waals surface area contributed by atoms with Crippen molar-refractivity contribution in [2.24, 2.45) is 5.92 Å². The van der Waals surface area contributed by atoms with Crippen LogP contribution < -0.4 is 15.8 Å². The van der Waals surface area contributed by atoms with E-state index >= 15 is 0 Å². The largest absolute Gasteiger partial charge is 0.352 e. The molecule has 30 heavy (non-hydrogen) atoms. The molecule has 1 saturated heterocycles. The van der Waals surface area contributed by atoms with Crippen LogP contribution in [0.25, 0.3) is 11.0 Å². The van der Waals surface area contributed by atoms with E-state index in [0.29, 0.717) is 44.8 Å². The Morgan fingerprint density at radius 2 is 1.83 bits per heavy atom. The van der Waals surface area contributed by atoms with Gasteiger partial charge in [0.1, 0.15) is 5.82 Å². The summed E-state index contributed by atoms with van der Waals surface area (Å²) in [6.07, 6.45) is 1.32. The van der Waals surface area contributed by atoms with Crippen LogP contribution >= 0.6 is 0 Å². The fraction of sp³-hybridized carbons (Fsp3) is 0.348. The third kappa shape index (κ3) is 4.06. The second kappa shape index (κ2) is 8.65. The van der Waals surface area contributed by atoms with E-state index < -0.39 is 0 Å². The van der Waals surface area contributed by atoms with Crippen molar-refractivity contribution in [1.29, 1.82) is 0 Å². The fourth-order valence-electron chi connectivity index (χ4n) is 3.99. The first-order valence-corrected chi connectivity index (χ1v) is 10.3. The molecule has 1 aromatic heterocycles. The monoisotopic (exact) mass is 408 g/mol. The van der Waals surface area contributed by atoms with Crippen molar-refractivity contribution in [2.45, 2.75) is 32.9 Å². The Labute approximate surface area is 174 Å². The van der Waals surface area contributed by atoms with Gasteiger partial charge < -0.3 is 14.8 Å². The summed E-state index contributed by atoms with van der Waals surface area (Å²) in [7, 11) is 0. The number of rotatable bonds is 5. The molecule has 1 fully saturated rings. The van der Waals surface area contributed by atoms with Crippen molar-refractivity contribution in [3.63, 3.8) is 0 Å². The number of fused-ring (bicyclic) bond motifs is 1. The lowest BCUT2D eigenvalue weighted by molar-refractivity contribution is -0.125. The smallest absolute Gasteiger partial charge is 0.293 e. The molecule has 2 heterocycles. The van der Waals surface area contributed by atoms with E-state index in [1.54, 1.807) is 16.7 Å². The molecule has 6 nitrogen and oxygen atoms in total. The Morgan fingerprint density at radius 1 is 1.13 bits per heavy atom. The van der Waals surface area contributed by atoms with Gasteiger partial charge in [-0.15, -0.1) is 0 Å². The third-order valence-corrected chi connectivity index (χ3v) is 5.70. The SMILES string of the molecule is CCn1c(=O)c(N2CCC(C(=O)NCc3ccc(F)cc3)CC2)nc2ccccc21. The summed E-state index contributed by atoms with van der Waals surface area (Å²) in [5, 5.41) is 2.94. The fourth-order valence-corrected chi connectivity index (χ4v) is 3.99. The molecule has 1 N–H and O–H groups in total. The molecule has 0 atom stereocenters. The van der Waals surface area contributed by atoms with Crippen LogP contribution in [-0.2, 0) is 17.9 Å². The van der Waals surface area contributed by atoms with Crippen molar-refractivity contribution in [3.8, 4) is 0 Å². The third-order valence-electron chi connectivity index (χ3n) is 5.70. The van der Waals surface area contributed by atoms with Gasteiger partial charge in [0, 0.05) is 32.1 Å². The van der Waals surface area contributed by atoms with Gasteiger partial charge in [0.05, 0.1) is 11.0 Å². The Balaban J connectivity index is 1.42. The molecule has 3 aromatic rings. The normalized spacial score (nSPS) is 14.8. The van der Waals surface area contributed by atoms with Crippen LogP contribution in [0.15, 0.2) is 53.3 Å². The minimum atomic E-state index is -0.290. The maximum absolute atomic E-state index is 13.0. The van der Waals surface area contributed by atoms with E-state index in [0.717, 1.165) is 16.6 Å². The number of carbonyl (C=O) groups is 1. The Hall–Kier alpha value is -3.22. The van der Waals surface area contributed by atoms with E-state index in [1.165, 1.54) is 12.1 Å². The molecule has 1 aliphatic rings. The van der Waals surface area contributed by atoms with Gasteiger partial charge in [-0.2, -0.15) is 0 Å². The van der Waals surface area contributed by atoms with Gasteiger partial charge in [0.15, 0.2) is 5.82 Å². The van der Waals surface area contributed by atoms with Crippen molar-refractivity contribution in [1.82, 2.24) is 14.9 Å². The molecule has 156 valence electrons. The number of halogens is 1. The molecule has 0 spiro atoms. The van der Waals surface area contributed by atoms with E-state index in [9.17, 15) is 14.0 Å². The number of nitrogens with one attached hydrogen (secondary N) is 1. The highest BCUT2D eigenvalue weighted by Crippen LogP contribution is 2.22. The Kier molecular flexibility index (Phi) is 5.79. The van der Waals surface area contributed by atoms with Gasteiger partial charge in [-0.3, -0.25) is 9.59 Å². The van der Waals surface area contributed by atoms with E-state index in [4.69, 9.17) is 0 Å². The quantitative estimate of drug-likeness (QED) is 0.705. The predicted molar refractivity (Wildman–Crippen MR) is 115 cm³/mol. The molecule has 0 aliphatic carbocycles. The maximum Gasteiger partial charge on any atom is 0.293 e. The van der Waals surface area contributed by atoms with Gasteiger partial charge >= 0.3 is 0 Å². The molecule has 0 bridgehead atoms. The average molecular weight is 408 g/mol. The number of aryl methyl sites for hydroxylation is 1. The summed E-state index contributed by atoms with van der Waals surface area (Å²) >= 11 is 0. The molecular formula is C23H25FN4O2. The summed E-state index contributed by atoms with van der Waals surface area (Å²) < 4.78 is 14.7. The van der Waals surface area contributed by atoms with Crippen LogP contribution in [0.2, 0.25) is 0 Å². The lowest BCUT2D eigenvalue weighted by atomic mass is 9.96. The van der Waals surface area contributed by atoms with Crippen molar-refractivity contribution >= 4 is 22.8 Å². The van der Waals surface area contributed by atoms with E-state index in [2.05, 4.69) is 10.3 Å². The summed E-state index contributed by atoms with van der Waals surface area (Å²) in [5.74, 6) is 0.0644. The van der Waals surface area contributed by atoms with Gasteiger partial charge in [-0.1, -0.05) is 24.3 Å². The first-order valence-electron chi connectivity index (χ1n) is 10.3. The van der Waals surface area contributed by atoms with Gasteiger partial charge in [0.2, 0.25) is 5.91 Å². The number of amides is 1. The van der Waals surface area contributed by atoms with Gasteiger partial charge in [0.25, 0.3) is 5.56 Å². The highest BCUT2D eigenvalue weighted by atomic mass is 19.1. The van der Waals surface area contributed by atoms with Crippen molar-refractivity contribution in [2.75, 3.05) is 18.0 Å². The number of anilines is 1. The predicted octanol–water partition coefficient (Wildman–Crippen LogP) is 3.09. The zero-order valence-electron chi connectivity index (χ0n) is 17.0. The van der Waals surface area contributed by atoms with Crippen LogP contribution in [0, 0.1) is 11.7 Å². The van der Waals surface area contributed by atoms with Crippen LogP contribution in [0.1, 0.15) is 25.3 Å². The second-order valence-corrected chi connectivity index (χ2v) is 7.58. The lowest BCUT2D eigenvalue weighted by Crippen LogP contribution is -2.43. The van der Waals surface area contributed by atoms with Crippen LogP contribution in [0.5, 0.6) is 0 Å². The number of piperidine rings is 1. The minimum Gasteiger partial charge on any atom is -0.352 e. The zero-order valence-corrected chi connectivity index (χ0v) is 17.0. The van der Waals surface area contributed by atoms with Crippen molar-refractivity contribution < 1.29 is 9.18 Å². The molecule has 0 saturated carbocycles. The molecule has 0 radical (unpaired) electrons. The zero-order chi connectivity index (χ0) is 21.1. The molecule has 0 unspecified atom stereocenters. The highest BCUT2D eigenvalue weighted by molar-refractivity contribution is 5.79. The highest BCUT2D eigenvalue weighted by Gasteiger charge is 2.27. The summed E-state index contributed by atoms with van der Waals surface area (Å²) in [6.45, 7) is 4.14. The summed E-state index contributed by atoms with van der Waals surface area (Å²) in [6, 6.07) is 13.8. The van der Waals surface area contributed by atoms with Gasteiger partial charge in [-0.05, 0) is 49.6 Å². The number of benzene rings is 2. The molecule has 1 aliphatic heterocycles. The number of aromatic nitrogens is 2. The van der Waals surface area contributed by atoms with Crippen LogP contribution in [0.4, 0.5) is 10.2 Å². The lowest BCUT2D eigenvalue weighted by Gasteiger charge is -2.32. The van der Waals surface area contributed by atoms with Crippen LogP contribution in [-0.4, -0.2) is 28.5 Å². The average Bonchev–Trinajstić information content (AvgIpc) is 2.78. The first-order chi connectivity index (χ1) is 14.6.